The molecule has 13 heavy (non-hydrogen) atoms. The monoisotopic (exact) mass is 184 g/mol. The number of amides is 3. The molecule has 0 unspecified atom stereocenters. The van der Waals surface area contributed by atoms with E-state index in [0.717, 1.165) is 6.42 Å². The van der Waals surface area contributed by atoms with E-state index in [1.165, 1.54) is 0 Å². The molecule has 1 aliphatic heterocycles. The van der Waals surface area contributed by atoms with Gasteiger partial charge < -0.3 is 4.90 Å². The standard InChI is InChI=1S/C9H16N2O2/c1-4-9(2,3)6-11-5-7(12)10-8(11)13/h4-6H2,1-3H3,(H,10,12,13). The van der Waals surface area contributed by atoms with Crippen LogP contribution in [0.3, 0.4) is 0 Å². The summed E-state index contributed by atoms with van der Waals surface area (Å²) in [5.74, 6) is -0.197. The van der Waals surface area contributed by atoms with Crippen LogP contribution < -0.4 is 5.32 Å². The molecule has 3 amide bonds. The zero-order chi connectivity index (χ0) is 10.1. The maximum Gasteiger partial charge on any atom is 0.324 e. The van der Waals surface area contributed by atoms with E-state index in [-0.39, 0.29) is 23.9 Å². The summed E-state index contributed by atoms with van der Waals surface area (Å²) in [7, 11) is 0. The van der Waals surface area contributed by atoms with Crippen molar-refractivity contribution in [2.24, 2.45) is 5.41 Å². The zero-order valence-corrected chi connectivity index (χ0v) is 8.39. The third-order valence-electron chi connectivity index (χ3n) is 2.44. The molecular formula is C9H16N2O2. The highest BCUT2D eigenvalue weighted by Crippen LogP contribution is 2.21. The highest BCUT2D eigenvalue weighted by atomic mass is 16.2. The summed E-state index contributed by atoms with van der Waals surface area (Å²) in [5.41, 5.74) is 0.0853. The average Bonchev–Trinajstić information content (AvgIpc) is 2.30. The van der Waals surface area contributed by atoms with E-state index in [4.69, 9.17) is 0 Å². The molecule has 0 bridgehead atoms. The Labute approximate surface area is 78.3 Å². The lowest BCUT2D eigenvalue weighted by Crippen LogP contribution is -2.36. The second kappa shape index (κ2) is 3.36. The van der Waals surface area contributed by atoms with E-state index < -0.39 is 0 Å². The Hall–Kier alpha value is -1.06. The van der Waals surface area contributed by atoms with Crippen LogP contribution in [-0.2, 0) is 4.79 Å². The van der Waals surface area contributed by atoms with Gasteiger partial charge in [0.05, 0.1) is 0 Å². The van der Waals surface area contributed by atoms with Gasteiger partial charge in [-0.05, 0) is 11.8 Å². The minimum atomic E-state index is -0.258. The van der Waals surface area contributed by atoms with E-state index in [1.807, 2.05) is 0 Å². The van der Waals surface area contributed by atoms with Crippen LogP contribution in [0.25, 0.3) is 0 Å². The Morgan fingerprint density at radius 1 is 1.46 bits per heavy atom. The molecule has 4 heteroatoms. The molecule has 0 aromatic heterocycles. The van der Waals surface area contributed by atoms with Crippen LogP contribution in [0.4, 0.5) is 4.79 Å². The zero-order valence-electron chi connectivity index (χ0n) is 8.39. The molecule has 1 rings (SSSR count). The van der Waals surface area contributed by atoms with Gasteiger partial charge in [-0.15, -0.1) is 0 Å². The first-order chi connectivity index (χ1) is 5.94. The van der Waals surface area contributed by atoms with Crippen molar-refractivity contribution in [3.8, 4) is 0 Å². The van der Waals surface area contributed by atoms with E-state index in [2.05, 4.69) is 26.1 Å². The number of nitrogens with zero attached hydrogens (tertiary/aromatic N) is 1. The molecule has 0 saturated carbocycles. The van der Waals surface area contributed by atoms with Gasteiger partial charge in [-0.2, -0.15) is 0 Å². The number of hydrogen-bond acceptors (Lipinski definition) is 2. The first kappa shape index (κ1) is 10.0. The average molecular weight is 184 g/mol. The molecular weight excluding hydrogens is 168 g/mol. The molecule has 1 heterocycles. The number of rotatable bonds is 3. The molecule has 1 saturated heterocycles. The number of carbonyl (C=O) groups excluding carboxylic acids is 2. The molecule has 1 N–H and O–H groups in total. The van der Waals surface area contributed by atoms with E-state index in [0.29, 0.717) is 6.54 Å². The van der Waals surface area contributed by atoms with Gasteiger partial charge in [0.1, 0.15) is 6.54 Å². The second-order valence-electron chi connectivity index (χ2n) is 4.23. The summed E-state index contributed by atoms with van der Waals surface area (Å²) >= 11 is 0. The van der Waals surface area contributed by atoms with Gasteiger partial charge in [-0.25, -0.2) is 4.79 Å². The van der Waals surface area contributed by atoms with Gasteiger partial charge in [0.25, 0.3) is 0 Å². The van der Waals surface area contributed by atoms with E-state index in [9.17, 15) is 9.59 Å². The SMILES string of the molecule is CCC(C)(C)CN1CC(=O)NC1=O. The molecule has 1 fully saturated rings. The van der Waals surface area contributed by atoms with E-state index >= 15 is 0 Å². The molecule has 0 radical (unpaired) electrons. The maximum absolute atomic E-state index is 11.2. The Bertz CT molecular complexity index is 236. The predicted molar refractivity (Wildman–Crippen MR) is 49.2 cm³/mol. The summed E-state index contributed by atoms with van der Waals surface area (Å²) in [6, 6.07) is -0.258. The number of hydrogen-bond donors (Lipinski definition) is 1. The largest absolute Gasteiger partial charge is 0.324 e. The Kier molecular flexibility index (Phi) is 2.59. The lowest BCUT2D eigenvalue weighted by atomic mass is 9.90. The predicted octanol–water partition coefficient (Wildman–Crippen LogP) is 0.974. The third kappa shape index (κ3) is 2.44. The first-order valence-electron chi connectivity index (χ1n) is 4.53. The topological polar surface area (TPSA) is 49.4 Å². The van der Waals surface area contributed by atoms with Crippen molar-refractivity contribution in [2.75, 3.05) is 13.1 Å². The number of nitrogens with one attached hydrogen (secondary N) is 1. The van der Waals surface area contributed by atoms with Gasteiger partial charge in [0, 0.05) is 6.54 Å². The van der Waals surface area contributed by atoms with E-state index in [1.54, 1.807) is 4.90 Å². The van der Waals surface area contributed by atoms with Crippen molar-refractivity contribution in [3.63, 3.8) is 0 Å². The molecule has 0 aromatic carbocycles. The Morgan fingerprint density at radius 3 is 2.46 bits per heavy atom. The molecule has 0 aromatic rings. The fourth-order valence-corrected chi connectivity index (χ4v) is 1.24. The maximum atomic E-state index is 11.2. The van der Waals surface area contributed by atoms with Gasteiger partial charge in [0.15, 0.2) is 0 Å². The Balaban J connectivity index is 2.55. The summed E-state index contributed by atoms with van der Waals surface area (Å²) in [5, 5.41) is 2.26. The highest BCUT2D eigenvalue weighted by molar-refractivity contribution is 6.01. The van der Waals surface area contributed by atoms with Gasteiger partial charge >= 0.3 is 6.03 Å². The normalized spacial score (nSPS) is 17.9. The first-order valence-corrected chi connectivity index (χ1v) is 4.53. The minimum Gasteiger partial charge on any atom is -0.315 e. The van der Waals surface area contributed by atoms with Crippen LogP contribution in [-0.4, -0.2) is 29.9 Å². The lowest BCUT2D eigenvalue weighted by molar-refractivity contribution is -0.118. The van der Waals surface area contributed by atoms with Crippen molar-refractivity contribution in [3.05, 3.63) is 0 Å². The third-order valence-corrected chi connectivity index (χ3v) is 2.44. The summed E-state index contributed by atoms with van der Waals surface area (Å²) in [4.78, 5) is 23.6. The highest BCUT2D eigenvalue weighted by Gasteiger charge is 2.30. The van der Waals surface area contributed by atoms with Crippen LogP contribution >= 0.6 is 0 Å². The van der Waals surface area contributed by atoms with Gasteiger partial charge in [-0.3, -0.25) is 10.1 Å². The van der Waals surface area contributed by atoms with Crippen molar-refractivity contribution < 1.29 is 9.59 Å². The molecule has 1 aliphatic rings. The number of imide groups is 1. The molecule has 0 spiro atoms. The van der Waals surface area contributed by atoms with Crippen LogP contribution in [0.1, 0.15) is 27.2 Å². The van der Waals surface area contributed by atoms with Crippen LogP contribution in [0.2, 0.25) is 0 Å². The van der Waals surface area contributed by atoms with Crippen LogP contribution in [0.15, 0.2) is 0 Å². The molecule has 4 nitrogen and oxygen atoms in total. The molecule has 0 aliphatic carbocycles. The number of urea groups is 1. The number of carbonyl (C=O) groups is 2. The summed E-state index contributed by atoms with van der Waals surface area (Å²) in [6.07, 6.45) is 0.991. The minimum absolute atomic E-state index is 0.0853. The fraction of sp³-hybridized carbons (Fsp3) is 0.778. The molecule has 0 atom stereocenters. The van der Waals surface area contributed by atoms with Crippen molar-refractivity contribution in [1.82, 2.24) is 10.2 Å². The van der Waals surface area contributed by atoms with Gasteiger partial charge in [0.2, 0.25) is 5.91 Å². The van der Waals surface area contributed by atoms with Crippen LogP contribution in [0, 0.1) is 5.41 Å². The fourth-order valence-electron chi connectivity index (χ4n) is 1.24. The van der Waals surface area contributed by atoms with Crippen molar-refractivity contribution >= 4 is 11.9 Å². The van der Waals surface area contributed by atoms with Crippen molar-refractivity contribution in [1.29, 1.82) is 0 Å². The molecule has 74 valence electrons. The quantitative estimate of drug-likeness (QED) is 0.664. The Morgan fingerprint density at radius 2 is 2.08 bits per heavy atom. The smallest absolute Gasteiger partial charge is 0.315 e. The second-order valence-corrected chi connectivity index (χ2v) is 4.23. The van der Waals surface area contributed by atoms with Crippen molar-refractivity contribution in [2.45, 2.75) is 27.2 Å². The summed E-state index contributed by atoms with van der Waals surface area (Å²) < 4.78 is 0. The van der Waals surface area contributed by atoms with Gasteiger partial charge in [-0.1, -0.05) is 20.8 Å². The lowest BCUT2D eigenvalue weighted by Gasteiger charge is -2.27. The summed E-state index contributed by atoms with van der Waals surface area (Å²) in [6.45, 7) is 7.10. The van der Waals surface area contributed by atoms with Crippen LogP contribution in [0.5, 0.6) is 0 Å².